The number of para-hydroxylation sites is 2. The van der Waals surface area contributed by atoms with Crippen molar-refractivity contribution >= 4 is 99.9 Å². The number of benzene rings is 4. The Balaban J connectivity index is 0.000000172. The number of nitrogens with one attached hydrogen (secondary N) is 2. The molecule has 4 aromatic carbocycles. The number of aromatic nitrogens is 4. The fourth-order valence-corrected chi connectivity index (χ4v) is 15.4. The highest BCUT2D eigenvalue weighted by atomic mass is 32.2. The number of hydrogen-bond donors (Lipinski definition) is 4. The summed E-state index contributed by atoms with van der Waals surface area (Å²) in [4.78, 5) is 97.7. The van der Waals surface area contributed by atoms with Gasteiger partial charge < -0.3 is 38.6 Å². The summed E-state index contributed by atoms with van der Waals surface area (Å²) in [7, 11) is -7.36. The maximum atomic E-state index is 14.1. The van der Waals surface area contributed by atoms with Crippen molar-refractivity contribution in [2.24, 2.45) is 23.0 Å². The van der Waals surface area contributed by atoms with Crippen LogP contribution in [0.2, 0.25) is 0 Å². The minimum atomic E-state index is -4.54. The Hall–Kier alpha value is -10.2. The first-order chi connectivity index (χ1) is 50.1. The molecule has 2 saturated heterocycles. The van der Waals surface area contributed by atoms with E-state index in [4.69, 9.17) is 33.5 Å². The van der Waals surface area contributed by atoms with E-state index in [9.17, 15) is 77.1 Å². The molecule has 8 atom stereocenters. The minimum Gasteiger partial charge on any atom is -0.480 e. The number of hydrogen-bond acceptors (Lipinski definition) is 21. The number of fused-ring (bicyclic) bond motifs is 6. The summed E-state index contributed by atoms with van der Waals surface area (Å²) in [5.74, 6) is -3.57. The van der Waals surface area contributed by atoms with Gasteiger partial charge in [0.1, 0.15) is 57.2 Å². The highest BCUT2D eigenvalue weighted by Gasteiger charge is 2.62. The van der Waals surface area contributed by atoms with Crippen LogP contribution < -0.4 is 24.7 Å². The lowest BCUT2D eigenvalue weighted by molar-refractivity contribution is -0.142. The third kappa shape index (κ3) is 16.7. The Bertz CT molecular complexity index is 5110. The number of aliphatic carboxylic acids is 1. The van der Waals surface area contributed by atoms with Gasteiger partial charge in [0.05, 0.1) is 46.2 Å². The number of carbonyl (C=O) groups excluding carboxylic acids is 5. The molecule has 4 saturated carbocycles. The molecular formula is C73H75F6N9O17S2. The third-order valence-electron chi connectivity index (χ3n) is 18.8. The highest BCUT2D eigenvalue weighted by molar-refractivity contribution is 7.91. The molecule has 6 aliphatic rings. The van der Waals surface area contributed by atoms with Gasteiger partial charge in [-0.3, -0.25) is 33.6 Å². The van der Waals surface area contributed by atoms with E-state index in [0.29, 0.717) is 70.6 Å². The van der Waals surface area contributed by atoms with Gasteiger partial charge in [0.2, 0.25) is 37.1 Å². The van der Waals surface area contributed by atoms with Crippen LogP contribution in [-0.4, -0.2) is 152 Å². The predicted octanol–water partition coefficient (Wildman–Crippen LogP) is 12.0. The monoisotopic (exact) mass is 1530 g/mol. The van der Waals surface area contributed by atoms with Crippen molar-refractivity contribution in [1.29, 1.82) is 0 Å². The number of carbonyl (C=O) groups is 6. The molecule has 0 radical (unpaired) electrons. The third-order valence-corrected chi connectivity index (χ3v) is 22.5. The number of Topliss-reactive ketones (excluding diaryl/α,β-unsaturated/α-hetero) is 1. The number of rotatable bonds is 18. The summed E-state index contributed by atoms with van der Waals surface area (Å²) in [6.45, 7) is 17.1. The number of carboxylic acids is 1. The molecule has 107 heavy (non-hydrogen) atoms. The van der Waals surface area contributed by atoms with Gasteiger partial charge in [-0.05, 0) is 135 Å². The SMILES string of the molecule is C=C[C@@H]1C[C@]1(CC(=O)[C@@H]1C[C@@H](Oc2nc(-c3ccc(C(F)(F)F)cc3)nc3c2oc2ccccc23)CN1C(=O)OC(C)(C)C)C(=O)NS(=O)(=O)C1CC1.C=C[C@@H]1C[C@]1(N)C(=O)NS(=O)(=O)C1CC1.CC(C)(C)OC(=O)N1C[C@H](Oc2nc(-c3ccc(C(F)(F)F)cc3)nc3c2oc2ccccc23)C[C@H]1C(=O)O. The molecule has 14 rings (SSSR count). The van der Waals surface area contributed by atoms with Crippen molar-refractivity contribution in [3.8, 4) is 34.5 Å². The number of nitrogens with two attached hydrogens (primary N) is 1. The van der Waals surface area contributed by atoms with Crippen LogP contribution in [-0.2, 0) is 61.1 Å². The summed E-state index contributed by atoms with van der Waals surface area (Å²) in [5, 5.41) is 9.92. The topological polar surface area (TPSA) is 362 Å². The molecule has 4 aliphatic carbocycles. The summed E-state index contributed by atoms with van der Waals surface area (Å²) in [6.07, 6.45) is -6.77. The van der Waals surface area contributed by atoms with Crippen molar-refractivity contribution in [2.45, 2.75) is 163 Å². The number of nitrogens with zero attached hydrogens (tertiary/aromatic N) is 6. The quantitative estimate of drug-likeness (QED) is 0.0458. The van der Waals surface area contributed by atoms with Crippen LogP contribution in [0.5, 0.6) is 11.8 Å². The maximum Gasteiger partial charge on any atom is 0.416 e. The second-order valence-corrected chi connectivity index (χ2v) is 33.2. The van der Waals surface area contributed by atoms with Gasteiger partial charge in [0.25, 0.3) is 17.7 Å². The summed E-state index contributed by atoms with van der Waals surface area (Å²) < 4.78 is 167. The second-order valence-electron chi connectivity index (χ2n) is 29.3. The fraction of sp³-hybridized carbons (Fsp3) is 0.425. The molecule has 8 aromatic rings. The number of ether oxygens (including phenoxy) is 4. The molecule has 0 unspecified atom stereocenters. The lowest BCUT2D eigenvalue weighted by Gasteiger charge is -2.28. The van der Waals surface area contributed by atoms with E-state index in [1.165, 1.54) is 35.2 Å². The van der Waals surface area contributed by atoms with Crippen LogP contribution in [0, 0.1) is 17.3 Å². The predicted molar refractivity (Wildman–Crippen MR) is 374 cm³/mol. The zero-order valence-corrected chi connectivity index (χ0v) is 60.2. The zero-order valence-electron chi connectivity index (χ0n) is 58.5. The zero-order chi connectivity index (χ0) is 77.5. The van der Waals surface area contributed by atoms with Crippen molar-refractivity contribution in [2.75, 3.05) is 13.1 Å². The average molecular weight is 1530 g/mol. The van der Waals surface area contributed by atoms with Gasteiger partial charge in [-0.25, -0.2) is 41.2 Å². The summed E-state index contributed by atoms with van der Waals surface area (Å²) >= 11 is 0. The van der Waals surface area contributed by atoms with Crippen molar-refractivity contribution in [3.05, 3.63) is 133 Å². The number of carboxylic acid groups (broad SMARTS) is 1. The Morgan fingerprint density at radius 1 is 0.589 bits per heavy atom. The lowest BCUT2D eigenvalue weighted by atomic mass is 9.91. The summed E-state index contributed by atoms with van der Waals surface area (Å²) in [6, 6.07) is 20.5. The standard InChI is InChI=1S/C37H37F3N4O8S.C27H24F3N3O6.C9H14N2O3S/c1-5-21-17-36(21,33(46)43-53(48,49)24-14-15-24)18-27(45)26-16-23(19-44(26)34(47)52-35(2,3)4)50-32-30-29(25-8-6-7-9-28(25)51-30)41-31(42-32)20-10-12-22(13-11-20)37(38,39)40;1-26(2,3)39-25(36)33-13-16(12-18(33)24(34)35)37-23-21-20(17-6-4-5-7-19(17)38-21)31-22(32-23)14-8-10-15(11-9-14)27(28,29)30;1-2-6-5-9(6,10)8(12)11-15(13,14)7-3-4-7/h5-13,21,23-24,26H,1,14-19H2,2-4H3,(H,43,46);4-11,16,18H,12-13H2,1-3H3,(H,34,35);2,6-7H,1,3-5,10H2,(H,11,12)/t21-,23-,26+,36-;16-,18+;6-,9-/m111/s1. The van der Waals surface area contributed by atoms with E-state index in [-0.39, 0.29) is 84.8 Å². The molecule has 568 valence electrons. The van der Waals surface area contributed by atoms with Crippen LogP contribution in [0.1, 0.15) is 110 Å². The van der Waals surface area contributed by atoms with Crippen LogP contribution in [0.25, 0.3) is 66.9 Å². The van der Waals surface area contributed by atoms with Gasteiger partial charge in [-0.1, -0.05) is 60.7 Å². The van der Waals surface area contributed by atoms with E-state index in [1.807, 2.05) is 4.72 Å². The van der Waals surface area contributed by atoms with E-state index >= 15 is 0 Å². The molecule has 6 heterocycles. The number of amides is 4. The number of halogens is 6. The number of allylic oxidation sites excluding steroid dienone is 1. The number of alkyl halides is 6. The van der Waals surface area contributed by atoms with Gasteiger partial charge >= 0.3 is 30.5 Å². The molecule has 0 spiro atoms. The Morgan fingerprint density at radius 2 is 0.991 bits per heavy atom. The molecule has 5 N–H and O–H groups in total. The van der Waals surface area contributed by atoms with E-state index < -0.39 is 142 Å². The van der Waals surface area contributed by atoms with Crippen LogP contribution in [0.3, 0.4) is 0 Å². The van der Waals surface area contributed by atoms with Crippen LogP contribution in [0.4, 0.5) is 35.9 Å². The lowest BCUT2D eigenvalue weighted by Crippen LogP contribution is -2.47. The largest absolute Gasteiger partial charge is 0.480 e. The molecule has 4 aromatic heterocycles. The van der Waals surface area contributed by atoms with Crippen LogP contribution in [0.15, 0.2) is 131 Å². The first-order valence-electron chi connectivity index (χ1n) is 34.1. The highest BCUT2D eigenvalue weighted by Crippen LogP contribution is 2.57. The molecule has 34 heteroatoms. The smallest absolute Gasteiger partial charge is 0.416 e. The van der Waals surface area contributed by atoms with Crippen molar-refractivity contribution in [1.82, 2.24) is 39.2 Å². The molecule has 0 bridgehead atoms. The molecule has 6 fully saturated rings. The van der Waals surface area contributed by atoms with E-state index in [0.717, 1.165) is 29.2 Å². The second kappa shape index (κ2) is 28.2. The minimum absolute atomic E-state index is 0.0220. The van der Waals surface area contributed by atoms with Gasteiger partial charge in [-0.2, -0.15) is 36.3 Å². The Morgan fingerprint density at radius 3 is 1.36 bits per heavy atom. The number of furan rings is 2. The van der Waals surface area contributed by atoms with Gasteiger partial charge in [-0.15, -0.1) is 13.2 Å². The number of likely N-dealkylation sites (tertiary alicyclic amines) is 2. The maximum absolute atomic E-state index is 14.1. The Kier molecular flexibility index (Phi) is 20.1. The number of ketones is 1. The Labute approximate surface area is 608 Å². The fourth-order valence-electron chi connectivity index (χ4n) is 12.7. The van der Waals surface area contributed by atoms with E-state index in [1.54, 1.807) is 96.1 Å². The average Bonchev–Trinajstić information content (AvgIpc) is 1.59. The molecule has 26 nitrogen and oxygen atoms in total. The van der Waals surface area contributed by atoms with E-state index in [2.05, 4.69) is 37.8 Å². The van der Waals surface area contributed by atoms with Crippen molar-refractivity contribution < 1.29 is 105 Å². The molecule has 2 aliphatic heterocycles. The molecule has 4 amide bonds. The van der Waals surface area contributed by atoms with Crippen molar-refractivity contribution in [3.63, 3.8) is 0 Å². The van der Waals surface area contributed by atoms with Gasteiger partial charge in [0, 0.05) is 47.1 Å². The van der Waals surface area contributed by atoms with Crippen LogP contribution >= 0.6 is 0 Å². The summed E-state index contributed by atoms with van der Waals surface area (Å²) in [5.41, 5.74) is 2.51. The normalized spacial score (nSPS) is 22.9. The first-order valence-corrected chi connectivity index (χ1v) is 37.2. The first kappa shape index (κ1) is 76.4. The molecular weight excluding hydrogens is 1450 g/mol. The number of sulfonamides is 2. The van der Waals surface area contributed by atoms with Gasteiger partial charge in [0.15, 0.2) is 17.4 Å².